The first-order valence-corrected chi connectivity index (χ1v) is 10.3. The minimum atomic E-state index is -4.32. The third-order valence-electron chi connectivity index (χ3n) is 4.57. The summed E-state index contributed by atoms with van der Waals surface area (Å²) in [5.74, 6) is -2.26. The molecule has 0 aromatic heterocycles. The highest BCUT2D eigenvalue weighted by Gasteiger charge is 2.30. The standard InChI is InChI=1S/C17H15ClF2N4O3S/c18-10-6-12(19)16(13(20)7-10)23-28(26,27)11-5-9-1-2-21-15(9)14(8-11)24-4-3-22-17(24)25/h5-8,21,23H,1-4H2,(H,22,25). The SMILES string of the molecule is O=C1NCCN1c1cc(S(=O)(=O)Nc2c(F)cc(Cl)cc2F)cc2c1NCC2. The molecule has 148 valence electrons. The number of carbonyl (C=O) groups excluding carboxylic acids is 1. The number of carbonyl (C=O) groups is 1. The topological polar surface area (TPSA) is 90.5 Å². The van der Waals surface area contributed by atoms with Gasteiger partial charge in [0.15, 0.2) is 11.6 Å². The van der Waals surface area contributed by atoms with Gasteiger partial charge in [-0.1, -0.05) is 11.6 Å². The number of sulfonamides is 1. The first-order chi connectivity index (χ1) is 13.3. The summed E-state index contributed by atoms with van der Waals surface area (Å²) in [7, 11) is -4.32. The maximum absolute atomic E-state index is 14.0. The number of nitrogens with one attached hydrogen (secondary N) is 3. The van der Waals surface area contributed by atoms with Crippen LogP contribution in [0.25, 0.3) is 0 Å². The Morgan fingerprint density at radius 3 is 2.43 bits per heavy atom. The summed E-state index contributed by atoms with van der Waals surface area (Å²) in [4.78, 5) is 13.3. The quantitative estimate of drug-likeness (QED) is 0.698. The summed E-state index contributed by atoms with van der Waals surface area (Å²) >= 11 is 5.57. The number of nitrogens with zero attached hydrogens (tertiary/aromatic N) is 1. The van der Waals surface area contributed by atoms with Gasteiger partial charge < -0.3 is 10.6 Å². The summed E-state index contributed by atoms with van der Waals surface area (Å²) in [6.07, 6.45) is 0.560. The smallest absolute Gasteiger partial charge is 0.322 e. The lowest BCUT2D eigenvalue weighted by atomic mass is 10.1. The van der Waals surface area contributed by atoms with Crippen LogP contribution >= 0.6 is 11.6 Å². The Balaban J connectivity index is 1.77. The minimum Gasteiger partial charge on any atom is -0.383 e. The van der Waals surface area contributed by atoms with Crippen molar-refractivity contribution in [3.05, 3.63) is 46.5 Å². The van der Waals surface area contributed by atoms with Crippen molar-refractivity contribution in [1.82, 2.24) is 5.32 Å². The van der Waals surface area contributed by atoms with Crippen LogP contribution in [0.5, 0.6) is 0 Å². The van der Waals surface area contributed by atoms with Gasteiger partial charge in [-0.05, 0) is 36.2 Å². The molecular weight excluding hydrogens is 414 g/mol. The normalized spacial score (nSPS) is 16.0. The number of rotatable bonds is 4. The zero-order chi connectivity index (χ0) is 20.1. The molecule has 7 nitrogen and oxygen atoms in total. The van der Waals surface area contributed by atoms with Crippen LogP contribution in [0.2, 0.25) is 5.02 Å². The number of amides is 2. The van der Waals surface area contributed by atoms with E-state index in [4.69, 9.17) is 11.6 Å². The monoisotopic (exact) mass is 428 g/mol. The first kappa shape index (κ1) is 18.8. The van der Waals surface area contributed by atoms with Crippen molar-refractivity contribution in [3.8, 4) is 0 Å². The van der Waals surface area contributed by atoms with E-state index in [-0.39, 0.29) is 15.9 Å². The van der Waals surface area contributed by atoms with Gasteiger partial charge in [0.2, 0.25) is 0 Å². The van der Waals surface area contributed by atoms with E-state index in [1.54, 1.807) is 0 Å². The van der Waals surface area contributed by atoms with E-state index in [2.05, 4.69) is 10.6 Å². The Morgan fingerprint density at radius 1 is 1.07 bits per heavy atom. The Labute approximate surface area is 164 Å². The van der Waals surface area contributed by atoms with Crippen molar-refractivity contribution in [1.29, 1.82) is 0 Å². The fourth-order valence-corrected chi connectivity index (χ4v) is 4.62. The lowest BCUT2D eigenvalue weighted by Crippen LogP contribution is -2.28. The Kier molecular flexibility index (Phi) is 4.54. The first-order valence-electron chi connectivity index (χ1n) is 8.40. The van der Waals surface area contributed by atoms with Gasteiger partial charge in [0.05, 0.1) is 16.3 Å². The van der Waals surface area contributed by atoms with Gasteiger partial charge in [0.1, 0.15) is 5.69 Å². The van der Waals surface area contributed by atoms with Crippen LogP contribution in [0.15, 0.2) is 29.2 Å². The summed E-state index contributed by atoms with van der Waals surface area (Å²) in [5, 5.41) is 5.62. The summed E-state index contributed by atoms with van der Waals surface area (Å²) in [6.45, 7) is 1.41. The largest absolute Gasteiger partial charge is 0.383 e. The molecule has 0 unspecified atom stereocenters. The van der Waals surface area contributed by atoms with E-state index in [1.165, 1.54) is 17.0 Å². The predicted octanol–water partition coefficient (Wildman–Crippen LogP) is 2.92. The van der Waals surface area contributed by atoms with Crippen molar-refractivity contribution in [2.75, 3.05) is 34.6 Å². The van der Waals surface area contributed by atoms with Gasteiger partial charge >= 0.3 is 6.03 Å². The number of fused-ring (bicyclic) bond motifs is 1. The Morgan fingerprint density at radius 2 is 1.79 bits per heavy atom. The fourth-order valence-electron chi connectivity index (χ4n) is 3.28. The third kappa shape index (κ3) is 3.22. The summed E-state index contributed by atoms with van der Waals surface area (Å²) in [6, 6.07) is 4.04. The molecule has 28 heavy (non-hydrogen) atoms. The summed E-state index contributed by atoms with van der Waals surface area (Å²) in [5.41, 5.74) is 0.973. The van der Waals surface area contributed by atoms with E-state index < -0.39 is 27.3 Å². The highest BCUT2D eigenvalue weighted by Crippen LogP contribution is 2.37. The number of urea groups is 1. The van der Waals surface area contributed by atoms with E-state index in [1.807, 2.05) is 4.72 Å². The predicted molar refractivity (Wildman–Crippen MR) is 102 cm³/mol. The van der Waals surface area contributed by atoms with E-state index in [0.29, 0.717) is 43.0 Å². The molecule has 2 aliphatic heterocycles. The minimum absolute atomic E-state index is 0.191. The van der Waals surface area contributed by atoms with E-state index >= 15 is 0 Å². The molecule has 0 saturated carbocycles. The highest BCUT2D eigenvalue weighted by atomic mass is 35.5. The van der Waals surface area contributed by atoms with Crippen molar-refractivity contribution in [3.63, 3.8) is 0 Å². The second-order valence-corrected chi connectivity index (χ2v) is 8.51. The lowest BCUT2D eigenvalue weighted by molar-refractivity contribution is 0.252. The molecule has 2 aromatic carbocycles. The molecule has 2 heterocycles. The molecule has 0 radical (unpaired) electrons. The van der Waals surface area contributed by atoms with Crippen molar-refractivity contribution >= 4 is 44.7 Å². The maximum atomic E-state index is 14.0. The maximum Gasteiger partial charge on any atom is 0.322 e. The van der Waals surface area contributed by atoms with Crippen LogP contribution in [-0.4, -0.2) is 34.1 Å². The Hall–Kier alpha value is -2.59. The molecule has 2 amide bonds. The van der Waals surface area contributed by atoms with Crippen LogP contribution in [0.3, 0.4) is 0 Å². The zero-order valence-electron chi connectivity index (χ0n) is 14.4. The van der Waals surface area contributed by atoms with Crippen LogP contribution in [0.1, 0.15) is 5.56 Å². The Bertz CT molecular complexity index is 1070. The number of hydrogen-bond donors (Lipinski definition) is 3. The van der Waals surface area contributed by atoms with Gasteiger partial charge in [-0.2, -0.15) is 0 Å². The molecule has 2 aromatic rings. The third-order valence-corrected chi connectivity index (χ3v) is 6.12. The number of hydrogen-bond acceptors (Lipinski definition) is 4. The molecule has 1 saturated heterocycles. The molecule has 0 spiro atoms. The second kappa shape index (κ2) is 6.78. The average Bonchev–Trinajstić information content (AvgIpc) is 3.26. The van der Waals surface area contributed by atoms with Crippen LogP contribution in [0.4, 0.5) is 30.6 Å². The van der Waals surface area contributed by atoms with Gasteiger partial charge in [0, 0.05) is 24.7 Å². The molecule has 0 aliphatic carbocycles. The van der Waals surface area contributed by atoms with Crippen molar-refractivity contribution < 1.29 is 22.0 Å². The lowest BCUT2D eigenvalue weighted by Gasteiger charge is -2.20. The van der Waals surface area contributed by atoms with Gasteiger partial charge in [-0.25, -0.2) is 22.0 Å². The molecule has 3 N–H and O–H groups in total. The molecule has 0 atom stereocenters. The van der Waals surface area contributed by atoms with Gasteiger partial charge in [-0.3, -0.25) is 9.62 Å². The van der Waals surface area contributed by atoms with Crippen molar-refractivity contribution in [2.45, 2.75) is 11.3 Å². The number of halogens is 3. The molecule has 11 heteroatoms. The highest BCUT2D eigenvalue weighted by molar-refractivity contribution is 7.92. The number of anilines is 3. The van der Waals surface area contributed by atoms with Gasteiger partial charge in [-0.15, -0.1) is 0 Å². The summed E-state index contributed by atoms with van der Waals surface area (Å²) < 4.78 is 55.6. The second-order valence-electron chi connectivity index (χ2n) is 6.39. The average molecular weight is 429 g/mol. The van der Waals surface area contributed by atoms with Gasteiger partial charge in [0.25, 0.3) is 10.0 Å². The molecule has 2 aliphatic rings. The fraction of sp³-hybridized carbons (Fsp3) is 0.235. The van der Waals surface area contributed by atoms with Crippen LogP contribution < -0.4 is 20.3 Å². The van der Waals surface area contributed by atoms with Crippen molar-refractivity contribution in [2.24, 2.45) is 0 Å². The molecule has 0 bridgehead atoms. The molecule has 4 rings (SSSR count). The number of benzene rings is 2. The van der Waals surface area contributed by atoms with E-state index in [9.17, 15) is 22.0 Å². The molecule has 1 fully saturated rings. The van der Waals surface area contributed by atoms with Crippen LogP contribution in [0, 0.1) is 11.6 Å². The molecular formula is C17H15ClF2N4O3S. The van der Waals surface area contributed by atoms with E-state index in [0.717, 1.165) is 12.1 Å². The zero-order valence-corrected chi connectivity index (χ0v) is 15.9. The van der Waals surface area contributed by atoms with Crippen LogP contribution in [-0.2, 0) is 16.4 Å².